The van der Waals surface area contributed by atoms with E-state index in [2.05, 4.69) is 11.9 Å². The Balaban J connectivity index is 3.64. The van der Waals surface area contributed by atoms with Crippen molar-refractivity contribution in [2.75, 3.05) is 18.1 Å². The van der Waals surface area contributed by atoms with Crippen molar-refractivity contribution in [3.8, 4) is 0 Å². The lowest BCUT2D eigenvalue weighted by atomic mass is 10.3. The zero-order valence-corrected chi connectivity index (χ0v) is 8.52. The van der Waals surface area contributed by atoms with Crippen molar-refractivity contribution in [3.63, 3.8) is 0 Å². The third-order valence-corrected chi connectivity index (χ3v) is 3.38. The third-order valence-electron chi connectivity index (χ3n) is 1.67. The first-order chi connectivity index (χ1) is 5.52. The van der Waals surface area contributed by atoms with Crippen LogP contribution in [0.4, 0.5) is 0 Å². The van der Waals surface area contributed by atoms with Crippen molar-refractivity contribution in [3.05, 3.63) is 12.7 Å². The quantitative estimate of drug-likeness (QED) is 0.625. The van der Waals surface area contributed by atoms with Crippen molar-refractivity contribution in [1.82, 2.24) is 5.32 Å². The van der Waals surface area contributed by atoms with E-state index in [0.29, 0.717) is 6.54 Å². The summed E-state index contributed by atoms with van der Waals surface area (Å²) in [7, 11) is -2.82. The molecule has 0 aliphatic rings. The molecule has 0 rings (SSSR count). The Bertz CT molecular complexity index is 221. The molecule has 0 saturated heterocycles. The predicted octanol–water partition coefficient (Wildman–Crippen LogP) is 0.585. The molecule has 1 atom stereocenters. The fourth-order valence-electron chi connectivity index (χ4n) is 0.670. The minimum Gasteiger partial charge on any atom is -0.310 e. The number of sulfone groups is 1. The summed E-state index contributed by atoms with van der Waals surface area (Å²) in [5.41, 5.74) is 0. The van der Waals surface area contributed by atoms with Crippen LogP contribution in [-0.2, 0) is 9.84 Å². The molecule has 72 valence electrons. The van der Waals surface area contributed by atoms with Gasteiger partial charge in [-0.05, 0) is 6.92 Å². The number of hydrogen-bond acceptors (Lipinski definition) is 3. The summed E-state index contributed by atoms with van der Waals surface area (Å²) in [6.07, 6.45) is 1.75. The van der Waals surface area contributed by atoms with Crippen molar-refractivity contribution in [2.24, 2.45) is 0 Å². The first-order valence-corrected chi connectivity index (χ1v) is 5.90. The molecule has 1 N–H and O–H groups in total. The highest BCUT2D eigenvalue weighted by Gasteiger charge is 2.06. The fraction of sp³-hybridized carbons (Fsp3) is 0.750. The van der Waals surface area contributed by atoms with E-state index in [9.17, 15) is 8.42 Å². The second-order valence-corrected chi connectivity index (χ2v) is 5.19. The van der Waals surface area contributed by atoms with E-state index in [4.69, 9.17) is 0 Å². The first kappa shape index (κ1) is 11.6. The molecule has 4 heteroatoms. The average molecular weight is 191 g/mol. The van der Waals surface area contributed by atoms with Gasteiger partial charge >= 0.3 is 0 Å². The third kappa shape index (κ3) is 5.32. The van der Waals surface area contributed by atoms with Crippen LogP contribution in [0.2, 0.25) is 0 Å². The molecule has 0 amide bonds. The molecule has 12 heavy (non-hydrogen) atoms. The maximum Gasteiger partial charge on any atom is 0.151 e. The van der Waals surface area contributed by atoms with Crippen LogP contribution in [-0.4, -0.2) is 32.5 Å². The van der Waals surface area contributed by atoms with Crippen LogP contribution in [0.3, 0.4) is 0 Å². The van der Waals surface area contributed by atoms with E-state index in [0.717, 1.165) is 0 Å². The summed E-state index contributed by atoms with van der Waals surface area (Å²) in [4.78, 5) is 0. The van der Waals surface area contributed by atoms with E-state index >= 15 is 0 Å². The number of hydrogen-bond donors (Lipinski definition) is 1. The van der Waals surface area contributed by atoms with E-state index in [1.54, 1.807) is 13.0 Å². The molecule has 0 aromatic rings. The Hall–Kier alpha value is -0.350. The van der Waals surface area contributed by atoms with Gasteiger partial charge in [0.2, 0.25) is 0 Å². The molecule has 1 unspecified atom stereocenters. The fourth-order valence-corrected chi connectivity index (χ4v) is 1.39. The van der Waals surface area contributed by atoms with Crippen molar-refractivity contribution in [1.29, 1.82) is 0 Å². The zero-order valence-electron chi connectivity index (χ0n) is 7.71. The standard InChI is InChI=1S/C8H17NO2S/c1-4-8(3)9-6-7-12(10,11)5-2/h4,8-9H,1,5-7H2,2-3H3. The maximum atomic E-state index is 11.0. The number of nitrogens with one attached hydrogen (secondary N) is 1. The van der Waals surface area contributed by atoms with Crippen LogP contribution in [0.25, 0.3) is 0 Å². The highest BCUT2D eigenvalue weighted by atomic mass is 32.2. The van der Waals surface area contributed by atoms with Gasteiger partial charge in [0, 0.05) is 18.3 Å². The Morgan fingerprint density at radius 1 is 1.58 bits per heavy atom. The molecular weight excluding hydrogens is 174 g/mol. The highest BCUT2D eigenvalue weighted by molar-refractivity contribution is 7.91. The normalized spacial score (nSPS) is 14.2. The Morgan fingerprint density at radius 3 is 2.58 bits per heavy atom. The summed E-state index contributed by atoms with van der Waals surface area (Å²) in [6.45, 7) is 7.68. The van der Waals surface area contributed by atoms with Crippen molar-refractivity contribution < 1.29 is 8.42 Å². The van der Waals surface area contributed by atoms with Gasteiger partial charge in [0.05, 0.1) is 5.75 Å². The summed E-state index contributed by atoms with van der Waals surface area (Å²) in [6, 6.07) is 0.178. The molecule has 0 aliphatic heterocycles. The van der Waals surface area contributed by atoms with Gasteiger partial charge in [0.25, 0.3) is 0 Å². The number of rotatable bonds is 6. The van der Waals surface area contributed by atoms with Gasteiger partial charge in [-0.15, -0.1) is 6.58 Å². The van der Waals surface area contributed by atoms with Gasteiger partial charge in [-0.3, -0.25) is 0 Å². The summed E-state index contributed by atoms with van der Waals surface area (Å²) in [5.74, 6) is 0.429. The molecular formula is C8H17NO2S. The van der Waals surface area contributed by atoms with Gasteiger partial charge < -0.3 is 5.32 Å². The maximum absolute atomic E-state index is 11.0. The smallest absolute Gasteiger partial charge is 0.151 e. The molecule has 0 spiro atoms. The van der Waals surface area contributed by atoms with Crippen molar-refractivity contribution in [2.45, 2.75) is 19.9 Å². The molecule has 0 saturated carbocycles. The molecule has 0 heterocycles. The zero-order chi connectivity index (χ0) is 9.61. The molecule has 0 aromatic heterocycles. The lowest BCUT2D eigenvalue weighted by Crippen LogP contribution is -2.29. The highest BCUT2D eigenvalue weighted by Crippen LogP contribution is 1.88. The van der Waals surface area contributed by atoms with Gasteiger partial charge in [0.1, 0.15) is 0 Å². The van der Waals surface area contributed by atoms with Crippen LogP contribution < -0.4 is 5.32 Å². The molecule has 0 fully saturated rings. The summed E-state index contributed by atoms with van der Waals surface area (Å²) < 4.78 is 22.0. The van der Waals surface area contributed by atoms with Gasteiger partial charge in [-0.2, -0.15) is 0 Å². The summed E-state index contributed by atoms with van der Waals surface area (Å²) >= 11 is 0. The SMILES string of the molecule is C=CC(C)NCCS(=O)(=O)CC. The second-order valence-electron chi connectivity index (χ2n) is 2.71. The topological polar surface area (TPSA) is 46.2 Å². The Morgan fingerprint density at radius 2 is 2.17 bits per heavy atom. The second kappa shape index (κ2) is 5.32. The van der Waals surface area contributed by atoms with E-state index in [1.807, 2.05) is 6.92 Å². The summed E-state index contributed by atoms with van der Waals surface area (Å²) in [5, 5.41) is 3.03. The van der Waals surface area contributed by atoms with Gasteiger partial charge in [-0.25, -0.2) is 8.42 Å². The van der Waals surface area contributed by atoms with Crippen molar-refractivity contribution >= 4 is 9.84 Å². The van der Waals surface area contributed by atoms with Crippen LogP contribution in [0.15, 0.2) is 12.7 Å². The molecule has 0 aliphatic carbocycles. The van der Waals surface area contributed by atoms with Crippen LogP contribution in [0, 0.1) is 0 Å². The molecule has 0 radical (unpaired) electrons. The average Bonchev–Trinajstić information content (AvgIpc) is 2.04. The minimum atomic E-state index is -2.82. The van der Waals surface area contributed by atoms with E-state index < -0.39 is 9.84 Å². The largest absolute Gasteiger partial charge is 0.310 e. The lowest BCUT2D eigenvalue weighted by Gasteiger charge is -2.07. The monoisotopic (exact) mass is 191 g/mol. The Kier molecular flexibility index (Phi) is 5.17. The Labute approximate surface area is 74.8 Å². The lowest BCUT2D eigenvalue weighted by molar-refractivity contribution is 0.588. The molecule has 0 bridgehead atoms. The minimum absolute atomic E-state index is 0.178. The van der Waals surface area contributed by atoms with Crippen LogP contribution in [0.5, 0.6) is 0 Å². The van der Waals surface area contributed by atoms with Crippen LogP contribution in [0.1, 0.15) is 13.8 Å². The van der Waals surface area contributed by atoms with Gasteiger partial charge in [0.15, 0.2) is 9.84 Å². The van der Waals surface area contributed by atoms with E-state index in [-0.39, 0.29) is 17.5 Å². The van der Waals surface area contributed by atoms with E-state index in [1.165, 1.54) is 0 Å². The predicted molar refractivity (Wildman–Crippen MR) is 52.0 cm³/mol. The first-order valence-electron chi connectivity index (χ1n) is 4.08. The molecule has 0 aromatic carbocycles. The van der Waals surface area contributed by atoms with Crippen LogP contribution >= 0.6 is 0 Å². The molecule has 3 nitrogen and oxygen atoms in total. The van der Waals surface area contributed by atoms with Gasteiger partial charge in [-0.1, -0.05) is 13.0 Å².